The molecule has 0 aromatic heterocycles. The van der Waals surface area contributed by atoms with Crippen LogP contribution in [-0.2, 0) is 11.2 Å². The van der Waals surface area contributed by atoms with Crippen molar-refractivity contribution in [2.75, 3.05) is 23.2 Å². The zero-order valence-electron chi connectivity index (χ0n) is 15.8. The average Bonchev–Trinajstić information content (AvgIpc) is 2.62. The third kappa shape index (κ3) is 4.95. The Labute approximate surface area is 165 Å². The molecule has 0 aliphatic rings. The van der Waals surface area contributed by atoms with Crippen LogP contribution in [0.4, 0.5) is 11.4 Å². The van der Waals surface area contributed by atoms with Gasteiger partial charge in [-0.1, -0.05) is 39.0 Å². The van der Waals surface area contributed by atoms with Crippen molar-refractivity contribution >= 4 is 40.6 Å². The minimum absolute atomic E-state index is 0.0529. The Kier molecular flexibility index (Phi) is 7.42. The van der Waals surface area contributed by atoms with Crippen molar-refractivity contribution in [3.8, 4) is 0 Å². The van der Waals surface area contributed by atoms with Crippen molar-refractivity contribution in [1.82, 2.24) is 0 Å². The molecule has 3 nitrogen and oxygen atoms in total. The molecule has 0 aliphatic heterocycles. The number of carbonyl (C=O) groups is 1. The number of hydrogen-bond donors (Lipinski definition) is 2. The second-order valence-electron chi connectivity index (χ2n) is 6.81. The van der Waals surface area contributed by atoms with E-state index in [1.165, 1.54) is 10.5 Å². The second-order valence-corrected chi connectivity index (χ2v) is 7.96. The first-order valence-corrected chi connectivity index (χ1v) is 10.5. The average molecular weight is 391 g/mol. The summed E-state index contributed by atoms with van der Waals surface area (Å²) in [5, 5.41) is 2.90. The summed E-state index contributed by atoms with van der Waals surface area (Å²) in [4.78, 5) is 12.9. The third-order valence-electron chi connectivity index (χ3n) is 4.56. The molecule has 0 aliphatic carbocycles. The molecule has 1 atom stereocenters. The van der Waals surface area contributed by atoms with Crippen molar-refractivity contribution in [1.29, 1.82) is 0 Å². The number of para-hydroxylation sites is 1. The van der Waals surface area contributed by atoms with Gasteiger partial charge in [0.25, 0.3) is 0 Å². The molecule has 140 valence electrons. The van der Waals surface area contributed by atoms with Gasteiger partial charge in [-0.05, 0) is 59.4 Å². The number of nitrogen functional groups attached to an aromatic ring is 1. The Balaban J connectivity index is 2.34. The maximum absolute atomic E-state index is 11.7. The lowest BCUT2D eigenvalue weighted by molar-refractivity contribution is -0.113. The van der Waals surface area contributed by atoms with Crippen molar-refractivity contribution < 1.29 is 4.79 Å². The number of nitrogens with one attached hydrogen (secondary N) is 1. The van der Waals surface area contributed by atoms with E-state index in [0.29, 0.717) is 5.92 Å². The zero-order valence-corrected chi connectivity index (χ0v) is 17.4. The lowest BCUT2D eigenvalue weighted by Crippen LogP contribution is -2.15. The lowest BCUT2D eigenvalue weighted by atomic mass is 9.88. The molecule has 5 heteroatoms. The van der Waals surface area contributed by atoms with Crippen LogP contribution in [0.2, 0.25) is 0 Å². The van der Waals surface area contributed by atoms with E-state index in [9.17, 15) is 4.79 Å². The van der Waals surface area contributed by atoms with Gasteiger partial charge in [0.15, 0.2) is 0 Å². The van der Waals surface area contributed by atoms with Crippen LogP contribution in [0.1, 0.15) is 49.3 Å². The van der Waals surface area contributed by atoms with Crippen molar-refractivity contribution in [2.45, 2.75) is 43.9 Å². The summed E-state index contributed by atoms with van der Waals surface area (Å²) in [5.41, 5.74) is 11.6. The van der Waals surface area contributed by atoms with Gasteiger partial charge in [0.1, 0.15) is 5.88 Å². The van der Waals surface area contributed by atoms with E-state index in [2.05, 4.69) is 50.4 Å². The fourth-order valence-corrected chi connectivity index (χ4v) is 3.68. The van der Waals surface area contributed by atoms with Crippen LogP contribution in [0.5, 0.6) is 0 Å². The highest BCUT2D eigenvalue weighted by Gasteiger charge is 2.16. The molecule has 0 heterocycles. The predicted molar refractivity (Wildman–Crippen MR) is 115 cm³/mol. The summed E-state index contributed by atoms with van der Waals surface area (Å²) in [7, 11) is 0. The fraction of sp³-hybridized carbons (Fsp3) is 0.381. The Morgan fingerprint density at radius 2 is 1.88 bits per heavy atom. The zero-order chi connectivity index (χ0) is 19.3. The molecule has 26 heavy (non-hydrogen) atoms. The molecule has 1 unspecified atom stereocenters. The number of alkyl halides is 1. The summed E-state index contributed by atoms with van der Waals surface area (Å²) in [5.74, 6) is 0.375. The minimum Gasteiger partial charge on any atom is -0.398 e. The SMILES string of the molecule is CSc1ccc(NC(=O)CCl)c(CC(C)c2cccc(C(C)C)c2N)c1. The van der Waals surface area contributed by atoms with Gasteiger partial charge in [-0.2, -0.15) is 0 Å². The lowest BCUT2D eigenvalue weighted by Gasteiger charge is -2.20. The number of carbonyl (C=O) groups excluding carboxylic acids is 1. The summed E-state index contributed by atoms with van der Waals surface area (Å²) < 4.78 is 0. The Morgan fingerprint density at radius 1 is 1.19 bits per heavy atom. The highest BCUT2D eigenvalue weighted by molar-refractivity contribution is 7.98. The second kappa shape index (κ2) is 9.33. The first-order valence-electron chi connectivity index (χ1n) is 8.78. The first-order chi connectivity index (χ1) is 12.4. The molecule has 0 saturated heterocycles. The summed E-state index contributed by atoms with van der Waals surface area (Å²) in [6.45, 7) is 6.48. The fourth-order valence-electron chi connectivity index (χ4n) is 3.15. The van der Waals surface area contributed by atoms with Gasteiger partial charge < -0.3 is 11.1 Å². The summed E-state index contributed by atoms with van der Waals surface area (Å²) >= 11 is 7.33. The Morgan fingerprint density at radius 3 is 2.50 bits per heavy atom. The molecule has 1 amide bonds. The normalized spacial score (nSPS) is 12.2. The third-order valence-corrected chi connectivity index (χ3v) is 5.53. The van der Waals surface area contributed by atoms with Crippen LogP contribution in [0.15, 0.2) is 41.3 Å². The number of benzene rings is 2. The molecule has 2 aromatic rings. The molecule has 2 rings (SSSR count). The first kappa shape index (κ1) is 20.7. The Hall–Kier alpha value is -1.65. The number of hydrogen-bond acceptors (Lipinski definition) is 3. The van der Waals surface area contributed by atoms with Gasteiger partial charge in [0, 0.05) is 16.3 Å². The maximum Gasteiger partial charge on any atom is 0.239 e. The van der Waals surface area contributed by atoms with Gasteiger partial charge in [-0.15, -0.1) is 23.4 Å². The van der Waals surface area contributed by atoms with Crippen LogP contribution in [0.3, 0.4) is 0 Å². The highest BCUT2D eigenvalue weighted by atomic mass is 35.5. The topological polar surface area (TPSA) is 55.1 Å². The molecular formula is C21H27ClN2OS. The monoisotopic (exact) mass is 390 g/mol. The molecule has 0 spiro atoms. The molecule has 0 radical (unpaired) electrons. The largest absolute Gasteiger partial charge is 0.398 e. The van der Waals surface area contributed by atoms with E-state index in [0.717, 1.165) is 28.9 Å². The van der Waals surface area contributed by atoms with Gasteiger partial charge in [-0.3, -0.25) is 4.79 Å². The molecule has 2 aromatic carbocycles. The Bertz CT molecular complexity index is 777. The van der Waals surface area contributed by atoms with Gasteiger partial charge in [-0.25, -0.2) is 0 Å². The van der Waals surface area contributed by atoms with Gasteiger partial charge in [0.05, 0.1) is 0 Å². The van der Waals surface area contributed by atoms with Crippen molar-refractivity contribution in [3.05, 3.63) is 53.1 Å². The van der Waals surface area contributed by atoms with Crippen LogP contribution in [0, 0.1) is 0 Å². The molecule has 0 bridgehead atoms. The molecule has 0 fully saturated rings. The van der Waals surface area contributed by atoms with E-state index >= 15 is 0 Å². The standard InChI is InChI=1S/C21H27ClN2OS/c1-13(2)17-6-5-7-18(21(17)23)14(3)10-15-11-16(26-4)8-9-19(15)24-20(25)12-22/h5-9,11,13-14H,10,12,23H2,1-4H3,(H,24,25). The molecule has 0 saturated carbocycles. The van der Waals surface area contributed by atoms with Gasteiger partial charge in [0.2, 0.25) is 5.91 Å². The number of halogens is 1. The van der Waals surface area contributed by atoms with Gasteiger partial charge >= 0.3 is 0 Å². The number of rotatable bonds is 7. The smallest absolute Gasteiger partial charge is 0.239 e. The van der Waals surface area contributed by atoms with Crippen LogP contribution >= 0.6 is 23.4 Å². The van der Waals surface area contributed by atoms with E-state index in [1.807, 2.05) is 18.4 Å². The van der Waals surface area contributed by atoms with Crippen LogP contribution < -0.4 is 11.1 Å². The minimum atomic E-state index is -0.196. The number of nitrogens with two attached hydrogens (primary N) is 1. The summed E-state index contributed by atoms with van der Waals surface area (Å²) in [6, 6.07) is 12.4. The van der Waals surface area contributed by atoms with Crippen LogP contribution in [-0.4, -0.2) is 18.0 Å². The van der Waals surface area contributed by atoms with E-state index < -0.39 is 0 Å². The molecule has 3 N–H and O–H groups in total. The van der Waals surface area contributed by atoms with Crippen molar-refractivity contribution in [3.63, 3.8) is 0 Å². The van der Waals surface area contributed by atoms with Crippen molar-refractivity contribution in [2.24, 2.45) is 0 Å². The van der Waals surface area contributed by atoms with Crippen LogP contribution in [0.25, 0.3) is 0 Å². The summed E-state index contributed by atoms with van der Waals surface area (Å²) in [6.07, 6.45) is 2.84. The van der Waals surface area contributed by atoms with E-state index in [-0.39, 0.29) is 17.7 Å². The van der Waals surface area contributed by atoms with E-state index in [1.54, 1.807) is 11.8 Å². The number of amides is 1. The number of anilines is 2. The van der Waals surface area contributed by atoms with E-state index in [4.69, 9.17) is 17.3 Å². The maximum atomic E-state index is 11.7. The predicted octanol–water partition coefficient (Wildman–Crippen LogP) is 5.64. The quantitative estimate of drug-likeness (QED) is 0.365. The molecular weight excluding hydrogens is 364 g/mol. The number of thioether (sulfide) groups is 1. The highest BCUT2D eigenvalue weighted by Crippen LogP contribution is 2.34.